The van der Waals surface area contributed by atoms with E-state index in [1.165, 1.54) is 24.6 Å². The molecule has 1 N–H and O–H groups in total. The average molecular weight is 484 g/mol. The van der Waals surface area contributed by atoms with Crippen molar-refractivity contribution in [1.29, 1.82) is 0 Å². The molecule has 1 fully saturated rings. The number of carbonyl (C=O) groups excluding carboxylic acids is 1. The second-order valence-electron chi connectivity index (χ2n) is 9.38. The van der Waals surface area contributed by atoms with E-state index in [4.69, 9.17) is 14.2 Å². The summed E-state index contributed by atoms with van der Waals surface area (Å²) in [6, 6.07) is 9.41. The highest BCUT2D eigenvalue weighted by atomic mass is 32.2. The number of benzene rings is 2. The number of piperidine rings is 1. The lowest BCUT2D eigenvalue weighted by Crippen LogP contribution is -2.77. The maximum absolute atomic E-state index is 13.8. The molecular weight excluding hydrogens is 458 g/mol. The third-order valence-corrected chi connectivity index (χ3v) is 9.88. The Bertz CT molecular complexity index is 1370. The van der Waals surface area contributed by atoms with Gasteiger partial charge in [0.2, 0.25) is 15.8 Å². The van der Waals surface area contributed by atoms with Crippen LogP contribution in [0.4, 0.5) is 0 Å². The molecule has 178 valence electrons. The molecule has 1 saturated heterocycles. The first-order chi connectivity index (χ1) is 16.2. The summed E-state index contributed by atoms with van der Waals surface area (Å²) < 4.78 is 46.3. The van der Waals surface area contributed by atoms with Crippen LogP contribution in [0.15, 0.2) is 53.1 Å². The molecule has 4 atom stereocenters. The fourth-order valence-corrected chi connectivity index (χ4v) is 8.13. The summed E-state index contributed by atoms with van der Waals surface area (Å²) in [5, 5.41) is 12.5. The van der Waals surface area contributed by atoms with Crippen molar-refractivity contribution in [1.82, 2.24) is 4.31 Å². The Balaban J connectivity index is 1.61. The van der Waals surface area contributed by atoms with Crippen molar-refractivity contribution in [2.45, 2.75) is 47.8 Å². The fraction of sp³-hybridized carbons (Fsp3) is 0.400. The van der Waals surface area contributed by atoms with E-state index in [1.807, 2.05) is 13.0 Å². The van der Waals surface area contributed by atoms with Gasteiger partial charge in [0.05, 0.1) is 30.6 Å². The van der Waals surface area contributed by atoms with Crippen molar-refractivity contribution >= 4 is 15.8 Å². The predicted molar refractivity (Wildman–Crippen MR) is 121 cm³/mol. The summed E-state index contributed by atoms with van der Waals surface area (Å²) >= 11 is 0. The Labute approximate surface area is 197 Å². The van der Waals surface area contributed by atoms with Gasteiger partial charge in [0, 0.05) is 18.2 Å². The van der Waals surface area contributed by atoms with Gasteiger partial charge in [-0.3, -0.25) is 4.79 Å². The second kappa shape index (κ2) is 6.84. The number of rotatable bonds is 4. The van der Waals surface area contributed by atoms with Gasteiger partial charge in [0.25, 0.3) is 0 Å². The number of carbonyl (C=O) groups is 1. The van der Waals surface area contributed by atoms with Crippen LogP contribution in [0.2, 0.25) is 0 Å². The number of sulfonamides is 1. The first kappa shape index (κ1) is 21.6. The Morgan fingerprint density at radius 1 is 1.12 bits per heavy atom. The van der Waals surface area contributed by atoms with E-state index >= 15 is 0 Å². The minimum Gasteiger partial charge on any atom is -0.498 e. The standard InChI is InChI=1S/C25H25NO7S/c1-14-4-7-16(8-5-14)34(29,30)26-11-10-24-21-15-6-9-18(31-2)22(21)33-23(24)17(27)13-20(32-3)25(24,28)19(26)12-15/h4-9,13,19,23,28H,10-12H2,1-3H3/t19-,23+,24+,25+/m1/s1. The Morgan fingerprint density at radius 3 is 2.53 bits per heavy atom. The van der Waals surface area contributed by atoms with Crippen molar-refractivity contribution in [3.05, 3.63) is 64.9 Å². The normalized spacial score (nSPS) is 31.4. The molecule has 1 spiro atoms. The molecular formula is C25H25NO7S. The van der Waals surface area contributed by atoms with Crippen molar-refractivity contribution in [2.75, 3.05) is 20.8 Å². The van der Waals surface area contributed by atoms with Gasteiger partial charge >= 0.3 is 0 Å². The smallest absolute Gasteiger partial charge is 0.243 e. The van der Waals surface area contributed by atoms with Crippen LogP contribution in [-0.2, 0) is 31.4 Å². The third kappa shape index (κ3) is 2.34. The lowest BCUT2D eigenvalue weighted by Gasteiger charge is -2.60. The maximum atomic E-state index is 13.8. The number of methoxy groups -OCH3 is 2. The zero-order valence-corrected chi connectivity index (χ0v) is 19.9. The molecule has 4 aliphatic rings. The van der Waals surface area contributed by atoms with E-state index in [0.29, 0.717) is 11.5 Å². The lowest BCUT2D eigenvalue weighted by atomic mass is 9.50. The Hall–Kier alpha value is -2.88. The number of hydrogen-bond acceptors (Lipinski definition) is 7. The van der Waals surface area contributed by atoms with Crippen molar-refractivity contribution in [2.24, 2.45) is 0 Å². The van der Waals surface area contributed by atoms with Crippen LogP contribution < -0.4 is 9.47 Å². The molecule has 6 rings (SSSR count). The number of aryl methyl sites for hydroxylation is 1. The molecule has 0 amide bonds. The average Bonchev–Trinajstić information content (AvgIpc) is 3.16. The summed E-state index contributed by atoms with van der Waals surface area (Å²) in [4.78, 5) is 13.4. The number of hydrogen-bond donors (Lipinski definition) is 1. The van der Waals surface area contributed by atoms with Gasteiger partial charge in [-0.1, -0.05) is 23.8 Å². The van der Waals surface area contributed by atoms with Crippen molar-refractivity contribution in [3.8, 4) is 11.5 Å². The highest BCUT2D eigenvalue weighted by Gasteiger charge is 2.76. The van der Waals surface area contributed by atoms with Gasteiger partial charge in [-0.25, -0.2) is 8.42 Å². The molecule has 8 nitrogen and oxygen atoms in total. The van der Waals surface area contributed by atoms with Crippen molar-refractivity contribution < 1.29 is 32.5 Å². The van der Waals surface area contributed by atoms with Crippen LogP contribution in [0.5, 0.6) is 11.5 Å². The van der Waals surface area contributed by atoms with Crippen LogP contribution in [0.25, 0.3) is 0 Å². The van der Waals surface area contributed by atoms with Crippen LogP contribution in [0.3, 0.4) is 0 Å². The highest BCUT2D eigenvalue weighted by molar-refractivity contribution is 7.89. The molecule has 2 bridgehead atoms. The first-order valence-electron chi connectivity index (χ1n) is 11.2. The molecule has 0 unspecified atom stereocenters. The molecule has 2 aromatic rings. The van der Waals surface area contributed by atoms with E-state index in [0.717, 1.165) is 16.7 Å². The summed E-state index contributed by atoms with van der Waals surface area (Å²) in [5.74, 6) is 0.661. The third-order valence-electron chi connectivity index (χ3n) is 7.96. The van der Waals surface area contributed by atoms with E-state index in [2.05, 4.69) is 0 Å². The predicted octanol–water partition coefficient (Wildman–Crippen LogP) is 1.87. The molecule has 9 heteroatoms. The van der Waals surface area contributed by atoms with Gasteiger partial charge in [0.15, 0.2) is 23.2 Å². The van der Waals surface area contributed by atoms with E-state index in [1.54, 1.807) is 30.3 Å². The molecule has 2 aliphatic heterocycles. The maximum Gasteiger partial charge on any atom is 0.243 e. The Kier molecular flexibility index (Phi) is 4.35. The summed E-state index contributed by atoms with van der Waals surface area (Å²) in [5.41, 5.74) is -0.461. The minimum atomic E-state index is -3.94. The highest BCUT2D eigenvalue weighted by Crippen LogP contribution is 2.65. The molecule has 2 heterocycles. The summed E-state index contributed by atoms with van der Waals surface area (Å²) in [6.07, 6.45) is 0.686. The molecule has 0 radical (unpaired) electrons. The number of nitrogens with zero attached hydrogens (tertiary/aromatic N) is 1. The second-order valence-corrected chi connectivity index (χ2v) is 11.3. The molecule has 34 heavy (non-hydrogen) atoms. The summed E-state index contributed by atoms with van der Waals surface area (Å²) in [6.45, 7) is 2.02. The zero-order chi connectivity index (χ0) is 24.0. The lowest BCUT2D eigenvalue weighted by molar-refractivity contribution is -0.162. The van der Waals surface area contributed by atoms with Gasteiger partial charge in [-0.05, 0) is 43.5 Å². The minimum absolute atomic E-state index is 0.0625. The van der Waals surface area contributed by atoms with Crippen LogP contribution in [-0.4, -0.2) is 62.1 Å². The zero-order valence-electron chi connectivity index (χ0n) is 19.1. The van der Waals surface area contributed by atoms with Gasteiger partial charge < -0.3 is 19.3 Å². The monoisotopic (exact) mass is 483 g/mol. The van der Waals surface area contributed by atoms with E-state index < -0.39 is 33.2 Å². The van der Waals surface area contributed by atoms with Crippen LogP contribution >= 0.6 is 0 Å². The number of aliphatic hydroxyl groups is 1. The van der Waals surface area contributed by atoms with E-state index in [-0.39, 0.29) is 35.8 Å². The van der Waals surface area contributed by atoms with Crippen LogP contribution in [0, 0.1) is 6.92 Å². The quantitative estimate of drug-likeness (QED) is 0.708. The fourth-order valence-electron chi connectivity index (χ4n) is 6.48. The molecule has 0 aromatic heterocycles. The van der Waals surface area contributed by atoms with Crippen molar-refractivity contribution in [3.63, 3.8) is 0 Å². The van der Waals surface area contributed by atoms with Crippen LogP contribution in [0.1, 0.15) is 23.1 Å². The van der Waals surface area contributed by atoms with Gasteiger partial charge in [0.1, 0.15) is 5.76 Å². The van der Waals surface area contributed by atoms with Gasteiger partial charge in [-0.2, -0.15) is 4.31 Å². The largest absolute Gasteiger partial charge is 0.498 e. The first-order valence-corrected chi connectivity index (χ1v) is 12.6. The number of ketones is 1. The number of ether oxygens (including phenoxy) is 3. The molecule has 2 aliphatic carbocycles. The topological polar surface area (TPSA) is 102 Å². The summed E-state index contributed by atoms with van der Waals surface area (Å²) in [7, 11) is -1.03. The van der Waals surface area contributed by atoms with E-state index in [9.17, 15) is 18.3 Å². The Morgan fingerprint density at radius 2 is 1.85 bits per heavy atom. The molecule has 0 saturated carbocycles. The molecule has 2 aromatic carbocycles. The van der Waals surface area contributed by atoms with Gasteiger partial charge in [-0.15, -0.1) is 0 Å². The SMILES string of the molecule is COC1=CC(=O)[C@@H]2Oc3c(OC)ccc4c3[C@@]23CCN(S(=O)(=O)c2ccc(C)cc2)[C@H](C4)[C@]13O.